The van der Waals surface area contributed by atoms with E-state index in [-0.39, 0.29) is 17.7 Å². The Morgan fingerprint density at radius 2 is 1.70 bits per heavy atom. The minimum absolute atomic E-state index is 0.0337. The fourth-order valence-electron chi connectivity index (χ4n) is 4.08. The van der Waals surface area contributed by atoms with E-state index in [0.717, 1.165) is 12.8 Å². The van der Waals surface area contributed by atoms with E-state index >= 15 is 0 Å². The summed E-state index contributed by atoms with van der Waals surface area (Å²) in [5.74, 6) is -0.221. The number of aromatic hydroxyl groups is 1. The summed E-state index contributed by atoms with van der Waals surface area (Å²) in [7, 11) is 0. The summed E-state index contributed by atoms with van der Waals surface area (Å²) in [5.41, 5.74) is -0.614. The average molecular weight is 538 g/mol. The molecule has 3 unspecified atom stereocenters. The number of para-hydroxylation sites is 1. The third-order valence-electron chi connectivity index (χ3n) is 5.74. The number of hydrogen-bond acceptors (Lipinski definition) is 6. The number of carbonyl (C=O) groups is 3. The highest BCUT2D eigenvalue weighted by atomic mass is 32.2. The molecule has 0 aliphatic carbocycles. The first-order valence-corrected chi connectivity index (χ1v) is 14.3. The highest BCUT2D eigenvalue weighted by Crippen LogP contribution is 2.36. The number of ether oxygens (including phenoxy) is 1. The van der Waals surface area contributed by atoms with Gasteiger partial charge in [-0.05, 0) is 85.8 Å². The molecule has 0 heterocycles. The molecule has 0 bridgehead atoms. The van der Waals surface area contributed by atoms with Crippen molar-refractivity contribution in [2.45, 2.75) is 111 Å². The number of phenols is 1. The topological polar surface area (TPSA) is 108 Å². The highest BCUT2D eigenvalue weighted by Gasteiger charge is 2.43. The Kier molecular flexibility index (Phi) is 12.3. The van der Waals surface area contributed by atoms with Gasteiger partial charge < -0.3 is 25.4 Å². The van der Waals surface area contributed by atoms with Crippen LogP contribution in [0.25, 0.3) is 0 Å². The second-order valence-corrected chi connectivity index (χ2v) is 12.5. The summed E-state index contributed by atoms with van der Waals surface area (Å²) in [4.78, 5) is 42.2. The maximum atomic E-state index is 14.2. The molecular weight excluding hydrogens is 490 g/mol. The Bertz CT molecular complexity index is 923. The molecule has 3 atom stereocenters. The predicted octanol–water partition coefficient (Wildman–Crippen LogP) is 5.32. The zero-order chi connectivity index (χ0) is 28.6. The fraction of sp³-hybridized carbons (Fsp3) is 0.679. The third kappa shape index (κ3) is 10.1. The van der Waals surface area contributed by atoms with Gasteiger partial charge in [0.15, 0.2) is 0 Å². The van der Waals surface area contributed by atoms with Gasteiger partial charge in [0.05, 0.1) is 0 Å². The molecule has 1 aromatic rings. The van der Waals surface area contributed by atoms with Gasteiger partial charge in [0.1, 0.15) is 23.4 Å². The zero-order valence-corrected chi connectivity index (χ0v) is 25.0. The maximum Gasteiger partial charge on any atom is 0.408 e. The van der Waals surface area contributed by atoms with Crippen LogP contribution in [0.4, 0.5) is 4.79 Å². The van der Waals surface area contributed by atoms with E-state index in [1.54, 1.807) is 57.7 Å². The quantitative estimate of drug-likeness (QED) is 0.353. The summed E-state index contributed by atoms with van der Waals surface area (Å²) in [5, 5.41) is 16.8. The van der Waals surface area contributed by atoms with Gasteiger partial charge in [0.2, 0.25) is 11.8 Å². The van der Waals surface area contributed by atoms with Crippen LogP contribution in [0.5, 0.6) is 5.75 Å². The Morgan fingerprint density at radius 3 is 2.22 bits per heavy atom. The molecule has 1 rings (SSSR count). The van der Waals surface area contributed by atoms with E-state index < -0.39 is 35.2 Å². The van der Waals surface area contributed by atoms with Crippen LogP contribution in [-0.2, 0) is 14.3 Å². The minimum Gasteiger partial charge on any atom is -0.507 e. The molecule has 0 spiro atoms. The lowest BCUT2D eigenvalue weighted by Gasteiger charge is -2.43. The van der Waals surface area contributed by atoms with E-state index in [2.05, 4.69) is 10.6 Å². The highest BCUT2D eigenvalue weighted by molar-refractivity contribution is 7.98. The number of thioether (sulfide) groups is 1. The molecule has 0 aliphatic heterocycles. The summed E-state index contributed by atoms with van der Waals surface area (Å²) >= 11 is 1.55. The third-order valence-corrected chi connectivity index (χ3v) is 6.38. The molecule has 37 heavy (non-hydrogen) atoms. The maximum absolute atomic E-state index is 14.2. The number of hydrogen-bond donors (Lipinski definition) is 3. The van der Waals surface area contributed by atoms with Crippen molar-refractivity contribution in [1.82, 2.24) is 15.5 Å². The van der Waals surface area contributed by atoms with Crippen LogP contribution in [0.15, 0.2) is 18.2 Å². The average Bonchev–Trinajstić information content (AvgIpc) is 2.74. The number of carbonyl (C=O) groups excluding carboxylic acids is 3. The van der Waals surface area contributed by atoms with Crippen LogP contribution in [0, 0.1) is 6.92 Å². The van der Waals surface area contributed by atoms with Crippen LogP contribution < -0.4 is 10.6 Å². The van der Waals surface area contributed by atoms with Crippen molar-refractivity contribution >= 4 is 29.7 Å². The Hall–Kier alpha value is -2.42. The summed E-state index contributed by atoms with van der Waals surface area (Å²) in [6, 6.07) is 3.04. The minimum atomic E-state index is -1.11. The van der Waals surface area contributed by atoms with Crippen LogP contribution in [0.2, 0.25) is 0 Å². The van der Waals surface area contributed by atoms with Gasteiger partial charge in [-0.2, -0.15) is 11.8 Å². The number of nitrogens with zero attached hydrogens (tertiary/aromatic N) is 1. The first-order chi connectivity index (χ1) is 17.0. The van der Waals surface area contributed by atoms with Crippen molar-refractivity contribution in [2.75, 3.05) is 12.0 Å². The number of nitrogens with one attached hydrogen (secondary N) is 2. The van der Waals surface area contributed by atoms with Crippen molar-refractivity contribution < 1.29 is 24.2 Å². The van der Waals surface area contributed by atoms with Crippen LogP contribution in [0.1, 0.15) is 91.8 Å². The molecule has 0 aromatic heterocycles. The molecule has 9 heteroatoms. The van der Waals surface area contributed by atoms with Crippen molar-refractivity contribution in [3.8, 4) is 5.75 Å². The van der Waals surface area contributed by atoms with Crippen LogP contribution in [0.3, 0.4) is 0 Å². The second-order valence-electron chi connectivity index (χ2n) is 11.5. The Balaban J connectivity index is 3.63. The van der Waals surface area contributed by atoms with Gasteiger partial charge in [-0.3, -0.25) is 9.59 Å². The molecule has 0 fully saturated rings. The normalized spacial score (nSPS) is 14.3. The first kappa shape index (κ1) is 32.6. The van der Waals surface area contributed by atoms with Gasteiger partial charge in [0.25, 0.3) is 0 Å². The molecule has 0 saturated carbocycles. The van der Waals surface area contributed by atoms with Gasteiger partial charge in [-0.15, -0.1) is 0 Å². The molecule has 0 aliphatic rings. The fourth-order valence-corrected chi connectivity index (χ4v) is 4.55. The lowest BCUT2D eigenvalue weighted by molar-refractivity contribution is -0.148. The van der Waals surface area contributed by atoms with Crippen molar-refractivity contribution in [3.05, 3.63) is 29.3 Å². The molecule has 0 saturated heterocycles. The number of aryl methyl sites for hydroxylation is 1. The zero-order valence-electron chi connectivity index (χ0n) is 24.2. The van der Waals surface area contributed by atoms with Gasteiger partial charge in [-0.1, -0.05) is 31.5 Å². The SMILES string of the molecule is CCCC(C)NC(=O)C(c1cccc(C)c1O)N(C(=O)C(CCSC)NC(=O)OC(C)(C)C)C(C)(C)C. The van der Waals surface area contributed by atoms with E-state index in [0.29, 0.717) is 23.3 Å². The lowest BCUT2D eigenvalue weighted by atomic mass is 9.93. The van der Waals surface area contributed by atoms with Crippen molar-refractivity contribution in [3.63, 3.8) is 0 Å². The molecule has 210 valence electrons. The van der Waals surface area contributed by atoms with E-state index in [9.17, 15) is 19.5 Å². The lowest BCUT2D eigenvalue weighted by Crippen LogP contribution is -2.59. The smallest absolute Gasteiger partial charge is 0.408 e. The summed E-state index contributed by atoms with van der Waals surface area (Å²) < 4.78 is 5.42. The molecule has 1 aromatic carbocycles. The van der Waals surface area contributed by atoms with E-state index in [1.807, 2.05) is 40.9 Å². The predicted molar refractivity (Wildman–Crippen MR) is 151 cm³/mol. The number of amides is 3. The monoisotopic (exact) mass is 537 g/mol. The Labute approximate surface area is 227 Å². The number of rotatable bonds is 11. The molecule has 3 N–H and O–H groups in total. The first-order valence-electron chi connectivity index (χ1n) is 12.9. The van der Waals surface area contributed by atoms with E-state index in [4.69, 9.17) is 4.74 Å². The van der Waals surface area contributed by atoms with Gasteiger partial charge >= 0.3 is 6.09 Å². The molecule has 3 amide bonds. The van der Waals surface area contributed by atoms with Gasteiger partial charge in [0, 0.05) is 17.1 Å². The second kappa shape index (κ2) is 13.9. The number of phenolic OH excluding ortho intramolecular Hbond substituents is 1. The van der Waals surface area contributed by atoms with Crippen molar-refractivity contribution in [1.29, 1.82) is 0 Å². The van der Waals surface area contributed by atoms with E-state index in [1.165, 1.54) is 4.90 Å². The summed E-state index contributed by atoms with van der Waals surface area (Å²) in [6.45, 7) is 16.5. The molecular formula is C28H47N3O5S. The molecule has 8 nitrogen and oxygen atoms in total. The standard InChI is InChI=1S/C28H47N3O5S/c1-11-13-19(3)29-24(33)22(20-15-12-14-18(2)23(20)32)31(27(4,5)6)25(34)21(16-17-37-10)30-26(35)36-28(7,8)9/h12,14-15,19,21-22,32H,11,13,16-17H2,1-10H3,(H,29,33)(H,30,35). The number of alkyl carbamates (subject to hydrolysis) is 1. The largest absolute Gasteiger partial charge is 0.507 e. The van der Waals surface area contributed by atoms with Gasteiger partial charge in [-0.25, -0.2) is 4.79 Å². The Morgan fingerprint density at radius 1 is 1.08 bits per heavy atom. The number of benzene rings is 1. The summed E-state index contributed by atoms with van der Waals surface area (Å²) in [6.07, 6.45) is 3.24. The van der Waals surface area contributed by atoms with Crippen LogP contribution in [-0.4, -0.2) is 63.1 Å². The van der Waals surface area contributed by atoms with Crippen molar-refractivity contribution in [2.24, 2.45) is 0 Å². The van der Waals surface area contributed by atoms with Crippen LogP contribution >= 0.6 is 11.8 Å². The molecule has 0 radical (unpaired) electrons.